The number of carbonyl (C=O) groups is 1. The van der Waals surface area contributed by atoms with Crippen molar-refractivity contribution >= 4 is 5.97 Å². The van der Waals surface area contributed by atoms with Crippen LogP contribution < -0.4 is 0 Å². The largest absolute Gasteiger partial charge is 0.480 e. The van der Waals surface area contributed by atoms with Crippen LogP contribution in [0.2, 0.25) is 0 Å². The molecule has 0 radical (unpaired) electrons. The van der Waals surface area contributed by atoms with Gasteiger partial charge in [0.05, 0.1) is 0 Å². The lowest BCUT2D eigenvalue weighted by Crippen LogP contribution is -2.36. The average molecular weight is 187 g/mol. The van der Waals surface area contributed by atoms with Gasteiger partial charge in [0.25, 0.3) is 0 Å². The first-order valence-corrected chi connectivity index (χ1v) is 4.88. The standard InChI is InChI=1S/C10H21NO2/c1-8(2)6-5-7-11(4)9(3)10(12)13/h8-9H,5-7H2,1-4H3,(H,12,13). The Labute approximate surface area is 80.7 Å². The molecule has 0 bridgehead atoms. The first kappa shape index (κ1) is 12.4. The molecular weight excluding hydrogens is 166 g/mol. The molecule has 1 N–H and O–H groups in total. The highest BCUT2D eigenvalue weighted by Crippen LogP contribution is 2.05. The number of aliphatic carboxylic acids is 1. The highest BCUT2D eigenvalue weighted by Gasteiger charge is 2.15. The minimum absolute atomic E-state index is 0.368. The van der Waals surface area contributed by atoms with Gasteiger partial charge < -0.3 is 5.11 Å². The van der Waals surface area contributed by atoms with Crippen LogP contribution in [0.15, 0.2) is 0 Å². The van der Waals surface area contributed by atoms with Crippen LogP contribution in [0, 0.1) is 5.92 Å². The molecular formula is C10H21NO2. The zero-order chi connectivity index (χ0) is 10.4. The lowest BCUT2D eigenvalue weighted by molar-refractivity contribution is -0.142. The number of hydrogen-bond donors (Lipinski definition) is 1. The van der Waals surface area contributed by atoms with Gasteiger partial charge in [-0.2, -0.15) is 0 Å². The molecule has 1 atom stereocenters. The van der Waals surface area contributed by atoms with Gasteiger partial charge in [-0.15, -0.1) is 0 Å². The van der Waals surface area contributed by atoms with Crippen molar-refractivity contribution in [2.75, 3.05) is 13.6 Å². The average Bonchev–Trinajstić information content (AvgIpc) is 2.02. The zero-order valence-electron chi connectivity index (χ0n) is 9.08. The fraction of sp³-hybridized carbons (Fsp3) is 0.900. The second kappa shape index (κ2) is 5.97. The third kappa shape index (κ3) is 5.64. The van der Waals surface area contributed by atoms with Crippen molar-refractivity contribution in [3.63, 3.8) is 0 Å². The molecule has 0 saturated heterocycles. The molecule has 13 heavy (non-hydrogen) atoms. The molecule has 3 heteroatoms. The maximum absolute atomic E-state index is 10.6. The summed E-state index contributed by atoms with van der Waals surface area (Å²) in [6.45, 7) is 6.95. The van der Waals surface area contributed by atoms with Gasteiger partial charge in [-0.3, -0.25) is 9.69 Å². The summed E-state index contributed by atoms with van der Waals surface area (Å²) in [5.74, 6) is -0.0411. The van der Waals surface area contributed by atoms with Gasteiger partial charge in [-0.1, -0.05) is 13.8 Å². The van der Waals surface area contributed by atoms with E-state index < -0.39 is 5.97 Å². The van der Waals surface area contributed by atoms with Crippen molar-refractivity contribution in [2.45, 2.75) is 39.7 Å². The lowest BCUT2D eigenvalue weighted by Gasteiger charge is -2.21. The topological polar surface area (TPSA) is 40.5 Å². The van der Waals surface area contributed by atoms with Crippen molar-refractivity contribution in [1.82, 2.24) is 4.90 Å². The second-order valence-corrected chi connectivity index (χ2v) is 4.03. The van der Waals surface area contributed by atoms with Gasteiger partial charge in [-0.05, 0) is 39.3 Å². The third-order valence-electron chi connectivity index (χ3n) is 2.31. The number of rotatable bonds is 6. The van der Waals surface area contributed by atoms with Gasteiger partial charge in [0.1, 0.15) is 6.04 Å². The summed E-state index contributed by atoms with van der Waals surface area (Å²) in [5, 5.41) is 8.72. The minimum Gasteiger partial charge on any atom is -0.480 e. The summed E-state index contributed by atoms with van der Waals surface area (Å²) >= 11 is 0. The summed E-state index contributed by atoms with van der Waals surface area (Å²) < 4.78 is 0. The molecule has 0 spiro atoms. The van der Waals surface area contributed by atoms with Crippen LogP contribution >= 0.6 is 0 Å². The van der Waals surface area contributed by atoms with Crippen molar-refractivity contribution < 1.29 is 9.90 Å². The normalized spacial score (nSPS) is 13.7. The predicted octanol–water partition coefficient (Wildman–Crippen LogP) is 1.83. The van der Waals surface area contributed by atoms with Crippen molar-refractivity contribution in [3.8, 4) is 0 Å². The van der Waals surface area contributed by atoms with E-state index >= 15 is 0 Å². The fourth-order valence-corrected chi connectivity index (χ4v) is 1.13. The molecule has 0 aromatic rings. The SMILES string of the molecule is CC(C)CCCN(C)C(C)C(=O)O. The molecule has 0 aliphatic rings. The number of hydrogen-bond acceptors (Lipinski definition) is 2. The molecule has 3 nitrogen and oxygen atoms in total. The van der Waals surface area contributed by atoms with E-state index in [1.54, 1.807) is 6.92 Å². The van der Waals surface area contributed by atoms with Gasteiger partial charge in [0.2, 0.25) is 0 Å². The molecule has 0 aromatic heterocycles. The molecule has 0 rings (SSSR count). The smallest absolute Gasteiger partial charge is 0.320 e. The Morgan fingerprint density at radius 3 is 2.31 bits per heavy atom. The van der Waals surface area contributed by atoms with E-state index in [2.05, 4.69) is 13.8 Å². The summed E-state index contributed by atoms with van der Waals surface area (Å²) in [7, 11) is 1.86. The molecule has 0 heterocycles. The van der Waals surface area contributed by atoms with E-state index in [1.807, 2.05) is 11.9 Å². The van der Waals surface area contributed by atoms with Crippen LogP contribution in [0.3, 0.4) is 0 Å². The summed E-state index contributed by atoms with van der Waals surface area (Å²) in [6.07, 6.45) is 2.24. The Morgan fingerprint density at radius 1 is 1.38 bits per heavy atom. The van der Waals surface area contributed by atoms with Crippen LogP contribution in [-0.4, -0.2) is 35.6 Å². The van der Waals surface area contributed by atoms with Crippen molar-refractivity contribution in [3.05, 3.63) is 0 Å². The Balaban J connectivity index is 3.61. The van der Waals surface area contributed by atoms with Gasteiger partial charge in [0.15, 0.2) is 0 Å². The lowest BCUT2D eigenvalue weighted by atomic mass is 10.1. The molecule has 0 aromatic carbocycles. The number of carboxylic acid groups (broad SMARTS) is 1. The van der Waals surface area contributed by atoms with Crippen molar-refractivity contribution in [1.29, 1.82) is 0 Å². The van der Waals surface area contributed by atoms with Gasteiger partial charge >= 0.3 is 5.97 Å². The quantitative estimate of drug-likeness (QED) is 0.689. The van der Waals surface area contributed by atoms with E-state index in [9.17, 15) is 4.79 Å². The van der Waals surface area contributed by atoms with E-state index in [4.69, 9.17) is 5.11 Å². The van der Waals surface area contributed by atoms with Crippen LogP contribution in [0.1, 0.15) is 33.6 Å². The van der Waals surface area contributed by atoms with Crippen LogP contribution in [0.4, 0.5) is 0 Å². The maximum Gasteiger partial charge on any atom is 0.320 e. The second-order valence-electron chi connectivity index (χ2n) is 4.03. The van der Waals surface area contributed by atoms with E-state index in [0.717, 1.165) is 19.4 Å². The van der Waals surface area contributed by atoms with Gasteiger partial charge in [-0.25, -0.2) is 0 Å². The van der Waals surface area contributed by atoms with Gasteiger partial charge in [0, 0.05) is 0 Å². The molecule has 0 amide bonds. The van der Waals surface area contributed by atoms with Crippen LogP contribution in [-0.2, 0) is 4.79 Å². The third-order valence-corrected chi connectivity index (χ3v) is 2.31. The first-order chi connectivity index (χ1) is 5.95. The highest BCUT2D eigenvalue weighted by molar-refractivity contribution is 5.72. The minimum atomic E-state index is -0.743. The Hall–Kier alpha value is -0.570. The molecule has 1 unspecified atom stereocenters. The van der Waals surface area contributed by atoms with E-state index in [0.29, 0.717) is 5.92 Å². The summed E-state index contributed by atoms with van der Waals surface area (Å²) in [4.78, 5) is 12.5. The zero-order valence-corrected chi connectivity index (χ0v) is 9.08. The molecule has 0 saturated carbocycles. The molecule has 78 valence electrons. The Bertz CT molecular complexity index is 157. The fourth-order valence-electron chi connectivity index (χ4n) is 1.13. The first-order valence-electron chi connectivity index (χ1n) is 4.88. The molecule has 0 aliphatic heterocycles. The maximum atomic E-state index is 10.6. The van der Waals surface area contributed by atoms with E-state index in [1.165, 1.54) is 0 Å². The Morgan fingerprint density at radius 2 is 1.92 bits per heavy atom. The number of likely N-dealkylation sites (N-methyl/N-ethyl adjacent to an activating group) is 1. The predicted molar refractivity (Wildman–Crippen MR) is 53.8 cm³/mol. The number of carboxylic acids is 1. The monoisotopic (exact) mass is 187 g/mol. The molecule has 0 fully saturated rings. The van der Waals surface area contributed by atoms with E-state index in [-0.39, 0.29) is 6.04 Å². The summed E-state index contributed by atoms with van der Waals surface area (Å²) in [5.41, 5.74) is 0. The summed E-state index contributed by atoms with van der Waals surface area (Å²) in [6, 6.07) is -0.368. The molecule has 0 aliphatic carbocycles. The van der Waals surface area contributed by atoms with Crippen LogP contribution in [0.25, 0.3) is 0 Å². The number of nitrogens with zero attached hydrogens (tertiary/aromatic N) is 1. The highest BCUT2D eigenvalue weighted by atomic mass is 16.4. The van der Waals surface area contributed by atoms with Crippen molar-refractivity contribution in [2.24, 2.45) is 5.92 Å². The Kier molecular flexibility index (Phi) is 5.71. The van der Waals surface area contributed by atoms with Crippen LogP contribution in [0.5, 0.6) is 0 Å².